The molecule has 0 fully saturated rings. The molecule has 0 unspecified atom stereocenters. The van der Waals surface area contributed by atoms with E-state index in [0.29, 0.717) is 54.0 Å². The molecule has 2 N–H and O–H groups in total. The highest BCUT2D eigenvalue weighted by Crippen LogP contribution is 2.35. The predicted molar refractivity (Wildman–Crippen MR) is 145 cm³/mol. The molecule has 2 aliphatic rings. The molecule has 38 heavy (non-hydrogen) atoms. The van der Waals surface area contributed by atoms with Crippen molar-refractivity contribution in [1.29, 1.82) is 0 Å². The Morgan fingerprint density at radius 3 is 2.63 bits per heavy atom. The Kier molecular flexibility index (Phi) is 7.30. The van der Waals surface area contributed by atoms with Crippen LogP contribution in [0, 0.1) is 5.82 Å². The Morgan fingerprint density at radius 2 is 1.95 bits per heavy atom. The first-order valence-corrected chi connectivity index (χ1v) is 14.3. The average molecular weight is 577 g/mol. The smallest absolute Gasteiger partial charge is 0.307 e. The summed E-state index contributed by atoms with van der Waals surface area (Å²) in [6.45, 7) is 1.03. The number of halogens is 3. The molecule has 1 aromatic heterocycles. The monoisotopic (exact) mass is 576 g/mol. The third kappa shape index (κ3) is 5.48. The van der Waals surface area contributed by atoms with Crippen molar-refractivity contribution in [3.8, 4) is 0 Å². The number of sulfone groups is 1. The lowest BCUT2D eigenvalue weighted by atomic mass is 9.99. The second-order valence-electron chi connectivity index (χ2n) is 9.13. The van der Waals surface area contributed by atoms with Crippen molar-refractivity contribution >= 4 is 62.0 Å². The lowest BCUT2D eigenvalue weighted by Crippen LogP contribution is -2.31. The van der Waals surface area contributed by atoms with Gasteiger partial charge in [-0.05, 0) is 60.2 Å². The van der Waals surface area contributed by atoms with Gasteiger partial charge in [-0.1, -0.05) is 41.4 Å². The summed E-state index contributed by atoms with van der Waals surface area (Å²) in [6.07, 6.45) is 3.23. The first-order chi connectivity index (χ1) is 18.1. The van der Waals surface area contributed by atoms with Crippen LogP contribution in [0.2, 0.25) is 10.0 Å². The molecule has 3 heterocycles. The molecular weight excluding hydrogens is 554 g/mol. The molecule has 0 saturated carbocycles. The van der Waals surface area contributed by atoms with Gasteiger partial charge in [0.15, 0.2) is 15.7 Å². The number of aliphatic carboxylic acids is 1. The van der Waals surface area contributed by atoms with Crippen molar-refractivity contribution in [2.24, 2.45) is 0 Å². The van der Waals surface area contributed by atoms with Crippen LogP contribution >= 0.6 is 23.2 Å². The van der Waals surface area contributed by atoms with E-state index < -0.39 is 21.6 Å². The Hall–Kier alpha value is -3.21. The van der Waals surface area contributed by atoms with Crippen molar-refractivity contribution < 1.29 is 22.7 Å². The summed E-state index contributed by atoms with van der Waals surface area (Å²) in [5, 5.41) is 12.9. The molecule has 0 amide bonds. The van der Waals surface area contributed by atoms with Gasteiger partial charge in [0.05, 0.1) is 23.6 Å². The van der Waals surface area contributed by atoms with Crippen LogP contribution in [-0.4, -0.2) is 48.3 Å². The fourth-order valence-electron chi connectivity index (χ4n) is 4.66. The van der Waals surface area contributed by atoms with Crippen LogP contribution in [0.1, 0.15) is 29.7 Å². The first kappa shape index (κ1) is 26.4. The highest BCUT2D eigenvalue weighted by atomic mass is 35.5. The zero-order chi connectivity index (χ0) is 27.0. The van der Waals surface area contributed by atoms with E-state index in [-0.39, 0.29) is 34.1 Å². The normalized spacial score (nSPS) is 16.5. The van der Waals surface area contributed by atoms with Crippen molar-refractivity contribution in [2.75, 3.05) is 29.1 Å². The zero-order valence-corrected chi connectivity index (χ0v) is 22.4. The van der Waals surface area contributed by atoms with E-state index in [2.05, 4.69) is 15.3 Å². The molecule has 3 aromatic rings. The summed E-state index contributed by atoms with van der Waals surface area (Å²) in [4.78, 5) is 22.0. The van der Waals surface area contributed by atoms with E-state index in [0.717, 1.165) is 17.2 Å². The number of carbonyl (C=O) groups is 1. The molecule has 0 atom stereocenters. The number of hydrogen-bond acceptors (Lipinski definition) is 7. The number of rotatable bonds is 6. The minimum absolute atomic E-state index is 0.00473. The van der Waals surface area contributed by atoms with Gasteiger partial charge in [-0.25, -0.2) is 17.8 Å². The number of fused-ring (bicyclic) bond motifs is 1. The number of benzene rings is 2. The molecule has 198 valence electrons. The van der Waals surface area contributed by atoms with Gasteiger partial charge < -0.3 is 15.3 Å². The molecule has 0 bridgehead atoms. The summed E-state index contributed by atoms with van der Waals surface area (Å²) in [6, 6.07) is 9.33. The number of nitrogens with zero attached hydrogens (tertiary/aromatic N) is 3. The third-order valence-electron chi connectivity index (χ3n) is 6.47. The van der Waals surface area contributed by atoms with E-state index in [4.69, 9.17) is 28.3 Å². The van der Waals surface area contributed by atoms with Crippen LogP contribution in [0.5, 0.6) is 0 Å². The lowest BCUT2D eigenvalue weighted by Gasteiger charge is -2.29. The summed E-state index contributed by atoms with van der Waals surface area (Å²) in [7, 11) is -3.67. The number of carboxylic acids is 1. The number of carboxylic acid groups (broad SMARTS) is 1. The van der Waals surface area contributed by atoms with Crippen molar-refractivity contribution in [2.45, 2.75) is 30.6 Å². The van der Waals surface area contributed by atoms with Crippen molar-refractivity contribution in [3.05, 3.63) is 75.2 Å². The fraction of sp³-hybridized carbons (Fsp3) is 0.269. The molecule has 5 rings (SSSR count). The molecule has 2 aromatic carbocycles. The first-order valence-electron chi connectivity index (χ1n) is 11.9. The van der Waals surface area contributed by atoms with Gasteiger partial charge in [0.2, 0.25) is 5.95 Å². The number of hydrogen-bond donors (Lipinski definition) is 2. The largest absolute Gasteiger partial charge is 0.481 e. The Bertz CT molecular complexity index is 1580. The lowest BCUT2D eigenvalue weighted by molar-refractivity contribution is -0.136. The molecule has 12 heteroatoms. The third-order valence-corrected chi connectivity index (χ3v) is 8.90. The van der Waals surface area contributed by atoms with E-state index >= 15 is 0 Å². The summed E-state index contributed by atoms with van der Waals surface area (Å²) in [5.74, 6) is -1.50. The van der Waals surface area contributed by atoms with Crippen LogP contribution < -0.4 is 10.2 Å². The number of aromatic nitrogens is 2. The Balaban J connectivity index is 1.48. The second kappa shape index (κ2) is 10.5. The molecule has 2 aliphatic heterocycles. The van der Waals surface area contributed by atoms with E-state index in [1.807, 2.05) is 17.0 Å². The minimum Gasteiger partial charge on any atom is -0.481 e. The van der Waals surface area contributed by atoms with E-state index in [1.165, 1.54) is 12.1 Å². The van der Waals surface area contributed by atoms with Crippen LogP contribution in [0.4, 0.5) is 21.8 Å². The van der Waals surface area contributed by atoms with Gasteiger partial charge in [-0.15, -0.1) is 0 Å². The van der Waals surface area contributed by atoms with Gasteiger partial charge in [0, 0.05) is 23.1 Å². The summed E-state index contributed by atoms with van der Waals surface area (Å²) < 4.78 is 40.8. The summed E-state index contributed by atoms with van der Waals surface area (Å²) >= 11 is 12.4. The highest BCUT2D eigenvalue weighted by molar-refractivity contribution is 7.91. The SMILES string of the molecule is O=C(O)Cc1ccc(Nc2nc(N3CC=C(c4ccc(Cl)cc4Cl)CC3)nc3c2S(=O)(=O)CCC3)c(F)c1. The zero-order valence-electron chi connectivity index (χ0n) is 20.0. The number of aryl methyl sites for hydroxylation is 1. The maximum Gasteiger partial charge on any atom is 0.307 e. The van der Waals surface area contributed by atoms with Gasteiger partial charge >= 0.3 is 5.97 Å². The molecule has 0 spiro atoms. The van der Waals surface area contributed by atoms with E-state index in [1.54, 1.807) is 12.1 Å². The second-order valence-corrected chi connectivity index (χ2v) is 12.0. The minimum atomic E-state index is -3.67. The maximum atomic E-state index is 14.8. The van der Waals surface area contributed by atoms with Crippen LogP contribution in [0.3, 0.4) is 0 Å². The standard InChI is InChI=1S/C26H23Cl2FN4O4S/c27-17-4-5-18(19(28)14-17)16-7-9-33(10-8-16)26-31-22-2-1-11-38(36,37)24(22)25(32-26)30-21-6-3-15(12-20(21)29)13-23(34)35/h3-7,12,14H,1-2,8-11,13H2,(H,34,35)(H,30,31,32). The molecule has 0 aliphatic carbocycles. The van der Waals surface area contributed by atoms with Crippen LogP contribution in [0.15, 0.2) is 47.4 Å². The predicted octanol–water partition coefficient (Wildman–Crippen LogP) is 5.31. The quantitative estimate of drug-likeness (QED) is 0.406. The fourth-order valence-corrected chi connectivity index (χ4v) is 6.81. The molecule has 0 radical (unpaired) electrons. The topological polar surface area (TPSA) is 112 Å². The molecular formula is C26H23Cl2FN4O4S. The Labute approximate surface area is 229 Å². The van der Waals surface area contributed by atoms with Gasteiger partial charge in [0.25, 0.3) is 0 Å². The molecule has 0 saturated heterocycles. The summed E-state index contributed by atoms with van der Waals surface area (Å²) in [5.41, 5.74) is 2.63. The number of anilines is 3. The van der Waals surface area contributed by atoms with Gasteiger partial charge in [-0.2, -0.15) is 4.98 Å². The molecule has 8 nitrogen and oxygen atoms in total. The van der Waals surface area contributed by atoms with Crippen molar-refractivity contribution in [3.63, 3.8) is 0 Å². The van der Waals surface area contributed by atoms with Crippen LogP contribution in [-0.2, 0) is 27.5 Å². The van der Waals surface area contributed by atoms with Gasteiger partial charge in [-0.3, -0.25) is 4.79 Å². The Morgan fingerprint density at radius 1 is 1.13 bits per heavy atom. The van der Waals surface area contributed by atoms with Gasteiger partial charge in [0.1, 0.15) is 10.7 Å². The van der Waals surface area contributed by atoms with E-state index in [9.17, 15) is 17.6 Å². The maximum absolute atomic E-state index is 14.8. The van der Waals surface area contributed by atoms with Crippen molar-refractivity contribution in [1.82, 2.24) is 9.97 Å². The highest BCUT2D eigenvalue weighted by Gasteiger charge is 2.31. The van der Waals surface area contributed by atoms with Crippen LogP contribution in [0.25, 0.3) is 5.57 Å². The average Bonchev–Trinajstić information content (AvgIpc) is 2.85. The number of nitrogens with one attached hydrogen (secondary N) is 1.